The Labute approximate surface area is 125 Å². The SMILES string of the molecule is Cc1c(F)cccc1C(=O)N(C1CCCC1)[C@@H](C)CC=N. The van der Waals surface area contributed by atoms with Crippen LogP contribution in [0.1, 0.15) is 54.9 Å². The Morgan fingerprint density at radius 3 is 2.76 bits per heavy atom. The molecule has 0 saturated heterocycles. The van der Waals surface area contributed by atoms with E-state index in [2.05, 4.69) is 0 Å². The van der Waals surface area contributed by atoms with Crippen LogP contribution in [0.25, 0.3) is 0 Å². The minimum atomic E-state index is -0.341. The van der Waals surface area contributed by atoms with E-state index in [9.17, 15) is 9.18 Å². The molecular weight excluding hydrogens is 267 g/mol. The number of carbonyl (C=O) groups is 1. The highest BCUT2D eigenvalue weighted by molar-refractivity contribution is 5.96. The van der Waals surface area contributed by atoms with Crippen LogP contribution in [0.5, 0.6) is 0 Å². The van der Waals surface area contributed by atoms with Crippen LogP contribution in [0.2, 0.25) is 0 Å². The van der Waals surface area contributed by atoms with Crippen molar-refractivity contribution in [1.82, 2.24) is 4.90 Å². The van der Waals surface area contributed by atoms with Crippen LogP contribution in [0.15, 0.2) is 18.2 Å². The summed E-state index contributed by atoms with van der Waals surface area (Å²) >= 11 is 0. The number of benzene rings is 1. The van der Waals surface area contributed by atoms with Crippen molar-refractivity contribution in [3.63, 3.8) is 0 Å². The molecule has 0 spiro atoms. The Hall–Kier alpha value is -1.71. The van der Waals surface area contributed by atoms with Crippen LogP contribution < -0.4 is 0 Å². The summed E-state index contributed by atoms with van der Waals surface area (Å²) in [5.74, 6) is -0.444. The Bertz CT molecular complexity index is 524. The highest BCUT2D eigenvalue weighted by Crippen LogP contribution is 2.28. The van der Waals surface area contributed by atoms with E-state index in [-0.39, 0.29) is 23.8 Å². The number of amides is 1. The third kappa shape index (κ3) is 3.31. The van der Waals surface area contributed by atoms with Crippen molar-refractivity contribution in [1.29, 1.82) is 5.41 Å². The lowest BCUT2D eigenvalue weighted by molar-refractivity contribution is 0.0601. The number of nitrogens with zero attached hydrogens (tertiary/aromatic N) is 1. The van der Waals surface area contributed by atoms with Gasteiger partial charge in [-0.2, -0.15) is 0 Å². The molecule has 4 heteroatoms. The van der Waals surface area contributed by atoms with E-state index in [1.807, 2.05) is 11.8 Å². The van der Waals surface area contributed by atoms with Gasteiger partial charge in [-0.05, 0) is 50.6 Å². The van der Waals surface area contributed by atoms with Gasteiger partial charge in [0.2, 0.25) is 0 Å². The second kappa shape index (κ2) is 6.83. The van der Waals surface area contributed by atoms with E-state index >= 15 is 0 Å². The number of rotatable bonds is 5. The molecule has 0 unspecified atom stereocenters. The minimum absolute atomic E-state index is 0.0271. The van der Waals surface area contributed by atoms with Gasteiger partial charge >= 0.3 is 0 Å². The van der Waals surface area contributed by atoms with Crippen LogP contribution in [-0.4, -0.2) is 29.1 Å². The highest BCUT2D eigenvalue weighted by atomic mass is 19.1. The van der Waals surface area contributed by atoms with Gasteiger partial charge in [0.1, 0.15) is 5.82 Å². The predicted molar refractivity (Wildman–Crippen MR) is 82.4 cm³/mol. The summed E-state index contributed by atoms with van der Waals surface area (Å²) in [5.41, 5.74) is 0.853. The molecule has 114 valence electrons. The lowest BCUT2D eigenvalue weighted by atomic mass is 10.0. The van der Waals surface area contributed by atoms with E-state index in [0.717, 1.165) is 25.7 Å². The first kappa shape index (κ1) is 15.7. The lowest BCUT2D eigenvalue weighted by Crippen LogP contribution is -2.45. The summed E-state index contributed by atoms with van der Waals surface area (Å²) in [7, 11) is 0. The molecule has 21 heavy (non-hydrogen) atoms. The fraction of sp³-hybridized carbons (Fsp3) is 0.529. The second-order valence-electron chi connectivity index (χ2n) is 5.85. The molecular formula is C17H23FN2O. The summed E-state index contributed by atoms with van der Waals surface area (Å²) in [6, 6.07) is 4.85. The van der Waals surface area contributed by atoms with E-state index in [1.165, 1.54) is 12.3 Å². The van der Waals surface area contributed by atoms with Crippen molar-refractivity contribution in [2.24, 2.45) is 0 Å². The molecule has 1 aromatic rings. The van der Waals surface area contributed by atoms with Crippen molar-refractivity contribution in [3.8, 4) is 0 Å². The molecule has 1 saturated carbocycles. The molecule has 0 aromatic heterocycles. The third-order valence-corrected chi connectivity index (χ3v) is 4.38. The Morgan fingerprint density at radius 1 is 1.48 bits per heavy atom. The first-order valence-corrected chi connectivity index (χ1v) is 7.63. The minimum Gasteiger partial charge on any atom is -0.333 e. The van der Waals surface area contributed by atoms with Gasteiger partial charge in [-0.25, -0.2) is 4.39 Å². The quantitative estimate of drug-likeness (QED) is 0.820. The number of hydrogen-bond acceptors (Lipinski definition) is 2. The zero-order valence-corrected chi connectivity index (χ0v) is 12.7. The fourth-order valence-corrected chi connectivity index (χ4v) is 3.17. The fourth-order valence-electron chi connectivity index (χ4n) is 3.17. The van der Waals surface area contributed by atoms with Crippen LogP contribution in [0, 0.1) is 18.2 Å². The van der Waals surface area contributed by atoms with Crippen molar-refractivity contribution >= 4 is 12.1 Å². The predicted octanol–water partition coefficient (Wildman–Crippen LogP) is 3.95. The van der Waals surface area contributed by atoms with Crippen LogP contribution in [-0.2, 0) is 0 Å². The largest absolute Gasteiger partial charge is 0.333 e. The molecule has 1 aromatic carbocycles. The average molecular weight is 290 g/mol. The molecule has 1 aliphatic rings. The molecule has 1 fully saturated rings. The van der Waals surface area contributed by atoms with Crippen LogP contribution in [0.3, 0.4) is 0 Å². The number of carbonyl (C=O) groups excluding carboxylic acids is 1. The summed E-state index contributed by atoms with van der Waals surface area (Å²) in [4.78, 5) is 14.8. The van der Waals surface area contributed by atoms with E-state index < -0.39 is 0 Å². The molecule has 1 N–H and O–H groups in total. The molecule has 1 atom stereocenters. The normalized spacial score (nSPS) is 16.7. The summed E-state index contributed by atoms with van der Waals surface area (Å²) in [6.45, 7) is 3.62. The maximum Gasteiger partial charge on any atom is 0.254 e. The molecule has 3 nitrogen and oxygen atoms in total. The second-order valence-corrected chi connectivity index (χ2v) is 5.85. The smallest absolute Gasteiger partial charge is 0.254 e. The van der Waals surface area contributed by atoms with Crippen molar-refractivity contribution in [2.75, 3.05) is 0 Å². The standard InChI is InChI=1S/C17H23FN2O/c1-12(10-11-19)20(14-6-3-4-7-14)17(21)15-8-5-9-16(18)13(15)2/h5,8-9,11-12,14,19H,3-4,6-7,10H2,1-2H3/t12-/m0/s1. The summed E-state index contributed by atoms with van der Waals surface area (Å²) in [5, 5.41) is 7.30. The Morgan fingerprint density at radius 2 is 2.14 bits per heavy atom. The molecule has 1 amide bonds. The zero-order chi connectivity index (χ0) is 15.4. The highest BCUT2D eigenvalue weighted by Gasteiger charge is 2.31. The van der Waals surface area contributed by atoms with Gasteiger partial charge in [0.15, 0.2) is 0 Å². The van der Waals surface area contributed by atoms with E-state index in [1.54, 1.807) is 19.1 Å². The third-order valence-electron chi connectivity index (χ3n) is 4.38. The van der Waals surface area contributed by atoms with Gasteiger partial charge in [0, 0.05) is 24.1 Å². The maximum absolute atomic E-state index is 13.7. The topological polar surface area (TPSA) is 44.2 Å². The number of halogens is 1. The molecule has 0 aliphatic heterocycles. The summed E-state index contributed by atoms with van der Waals surface area (Å²) < 4.78 is 13.7. The Balaban J connectivity index is 2.32. The zero-order valence-electron chi connectivity index (χ0n) is 12.7. The van der Waals surface area contributed by atoms with Gasteiger partial charge in [0.05, 0.1) is 0 Å². The molecule has 0 radical (unpaired) electrons. The van der Waals surface area contributed by atoms with Gasteiger partial charge < -0.3 is 10.3 Å². The van der Waals surface area contributed by atoms with Crippen molar-refractivity contribution in [3.05, 3.63) is 35.1 Å². The van der Waals surface area contributed by atoms with E-state index in [0.29, 0.717) is 17.5 Å². The lowest BCUT2D eigenvalue weighted by Gasteiger charge is -2.34. The van der Waals surface area contributed by atoms with Crippen molar-refractivity contribution < 1.29 is 9.18 Å². The van der Waals surface area contributed by atoms with Gasteiger partial charge in [-0.3, -0.25) is 4.79 Å². The molecule has 0 heterocycles. The van der Waals surface area contributed by atoms with Gasteiger partial charge in [0.25, 0.3) is 5.91 Å². The Kier molecular flexibility index (Phi) is 5.10. The monoisotopic (exact) mass is 290 g/mol. The average Bonchev–Trinajstić information content (AvgIpc) is 2.96. The molecule has 0 bridgehead atoms. The summed E-state index contributed by atoms with van der Waals surface area (Å²) in [6.07, 6.45) is 6.15. The van der Waals surface area contributed by atoms with Crippen molar-refractivity contribution in [2.45, 2.75) is 58.0 Å². The van der Waals surface area contributed by atoms with E-state index in [4.69, 9.17) is 5.41 Å². The van der Waals surface area contributed by atoms with Gasteiger partial charge in [-0.1, -0.05) is 18.9 Å². The van der Waals surface area contributed by atoms with Gasteiger partial charge in [-0.15, -0.1) is 0 Å². The number of nitrogens with one attached hydrogen (secondary N) is 1. The first-order chi connectivity index (χ1) is 10.1. The van der Waals surface area contributed by atoms with Crippen LogP contribution >= 0.6 is 0 Å². The first-order valence-electron chi connectivity index (χ1n) is 7.63. The van der Waals surface area contributed by atoms with Crippen LogP contribution in [0.4, 0.5) is 4.39 Å². The maximum atomic E-state index is 13.7. The molecule has 2 rings (SSSR count). The number of hydrogen-bond donors (Lipinski definition) is 1. The molecule has 1 aliphatic carbocycles.